The summed E-state index contributed by atoms with van der Waals surface area (Å²) < 4.78 is 18.5. The minimum Gasteiger partial charge on any atom is -0.378 e. The maximum atomic E-state index is 13.1. The zero-order chi connectivity index (χ0) is 24.6. The molecule has 182 valence electrons. The summed E-state index contributed by atoms with van der Waals surface area (Å²) >= 11 is 1.39. The number of thioether (sulfide) groups is 1. The quantitative estimate of drug-likeness (QED) is 0.476. The lowest BCUT2D eigenvalue weighted by Crippen LogP contribution is -2.36. The van der Waals surface area contributed by atoms with Crippen molar-refractivity contribution in [1.82, 2.24) is 9.88 Å². The number of nitrogens with one attached hydrogen (secondary N) is 1. The molecule has 4 rings (SSSR count). The van der Waals surface area contributed by atoms with E-state index in [1.165, 1.54) is 28.8 Å². The first-order chi connectivity index (χ1) is 17.0. The van der Waals surface area contributed by atoms with E-state index in [1.807, 2.05) is 24.3 Å². The summed E-state index contributed by atoms with van der Waals surface area (Å²) in [5.41, 5.74) is 3.10. The molecule has 2 aromatic carbocycles. The number of likely N-dealkylation sites (N-methyl/N-ethyl adjacent to an activating group) is 1. The molecule has 0 aliphatic carbocycles. The van der Waals surface area contributed by atoms with Crippen LogP contribution < -0.4 is 10.2 Å². The Hall–Kier alpha value is -3.43. The zero-order valence-corrected chi connectivity index (χ0v) is 20.3. The molecule has 2 amide bonds. The summed E-state index contributed by atoms with van der Waals surface area (Å²) in [4.78, 5) is 33.6. The van der Waals surface area contributed by atoms with Crippen molar-refractivity contribution in [1.29, 1.82) is 0 Å². The molecule has 9 heteroatoms. The number of aromatic nitrogens is 1. The van der Waals surface area contributed by atoms with Crippen LogP contribution in [0.1, 0.15) is 15.9 Å². The zero-order valence-electron chi connectivity index (χ0n) is 19.4. The highest BCUT2D eigenvalue weighted by atomic mass is 32.2. The van der Waals surface area contributed by atoms with Gasteiger partial charge in [0.2, 0.25) is 5.91 Å². The van der Waals surface area contributed by atoms with Crippen molar-refractivity contribution in [3.8, 4) is 0 Å². The molecule has 7 nitrogen and oxygen atoms in total. The number of pyridine rings is 1. The normalized spacial score (nSPS) is 13.4. The fourth-order valence-electron chi connectivity index (χ4n) is 3.67. The topological polar surface area (TPSA) is 74.8 Å². The number of carbonyl (C=O) groups is 2. The SMILES string of the molecule is CN(CC(=O)Nc1ccc(N2CCOCC2)cc1)C(=O)c1cccnc1SCc1ccc(F)cc1. The van der Waals surface area contributed by atoms with Gasteiger partial charge in [0.25, 0.3) is 5.91 Å². The Kier molecular flexibility index (Phi) is 8.33. The molecule has 0 radical (unpaired) electrons. The van der Waals surface area contributed by atoms with Crippen molar-refractivity contribution in [2.24, 2.45) is 0 Å². The molecular weight excluding hydrogens is 467 g/mol. The van der Waals surface area contributed by atoms with Gasteiger partial charge in [0, 0.05) is 43.5 Å². The summed E-state index contributed by atoms with van der Waals surface area (Å²) in [5.74, 6) is -0.329. The number of nitrogens with zero attached hydrogens (tertiary/aromatic N) is 3. The number of halogens is 1. The maximum absolute atomic E-state index is 13.1. The molecular formula is C26H27FN4O3S. The number of benzene rings is 2. The lowest BCUT2D eigenvalue weighted by Gasteiger charge is -2.28. The second-order valence-electron chi connectivity index (χ2n) is 8.13. The van der Waals surface area contributed by atoms with Crippen LogP contribution in [0, 0.1) is 5.82 Å². The number of hydrogen-bond donors (Lipinski definition) is 1. The van der Waals surface area contributed by atoms with Gasteiger partial charge in [0.15, 0.2) is 0 Å². The van der Waals surface area contributed by atoms with Gasteiger partial charge in [-0.05, 0) is 54.1 Å². The van der Waals surface area contributed by atoms with Crippen molar-refractivity contribution < 1.29 is 18.7 Å². The Labute approximate surface area is 208 Å². The number of hydrogen-bond acceptors (Lipinski definition) is 6. The summed E-state index contributed by atoms with van der Waals surface area (Å²) in [5, 5.41) is 3.41. The van der Waals surface area contributed by atoms with Gasteiger partial charge in [0.05, 0.1) is 25.3 Å². The van der Waals surface area contributed by atoms with Crippen LogP contribution >= 0.6 is 11.8 Å². The van der Waals surface area contributed by atoms with Gasteiger partial charge >= 0.3 is 0 Å². The Morgan fingerprint density at radius 1 is 1.09 bits per heavy atom. The molecule has 2 heterocycles. The smallest absolute Gasteiger partial charge is 0.256 e. The largest absolute Gasteiger partial charge is 0.378 e. The van der Waals surface area contributed by atoms with Crippen LogP contribution in [0.5, 0.6) is 0 Å². The van der Waals surface area contributed by atoms with Gasteiger partial charge in [-0.1, -0.05) is 12.1 Å². The van der Waals surface area contributed by atoms with Crippen molar-refractivity contribution in [3.05, 3.63) is 83.8 Å². The number of ether oxygens (including phenoxy) is 1. The first kappa shape index (κ1) is 24.7. The number of anilines is 2. The van der Waals surface area contributed by atoms with Gasteiger partial charge in [-0.2, -0.15) is 0 Å². The van der Waals surface area contributed by atoms with Crippen LogP contribution in [0.2, 0.25) is 0 Å². The van der Waals surface area contributed by atoms with E-state index in [-0.39, 0.29) is 24.2 Å². The second kappa shape index (κ2) is 11.8. The Morgan fingerprint density at radius 2 is 1.80 bits per heavy atom. The molecule has 1 aromatic heterocycles. The molecule has 1 aliphatic rings. The number of rotatable bonds is 8. The molecule has 35 heavy (non-hydrogen) atoms. The van der Waals surface area contributed by atoms with Crippen LogP contribution in [0.3, 0.4) is 0 Å². The highest BCUT2D eigenvalue weighted by Gasteiger charge is 2.19. The van der Waals surface area contributed by atoms with Crippen LogP contribution in [0.4, 0.5) is 15.8 Å². The molecule has 0 unspecified atom stereocenters. The Balaban J connectivity index is 1.33. The van der Waals surface area contributed by atoms with Crippen molar-refractivity contribution in [2.75, 3.05) is 50.1 Å². The van der Waals surface area contributed by atoms with Gasteiger partial charge < -0.3 is 19.9 Å². The number of carbonyl (C=O) groups excluding carboxylic acids is 2. The highest BCUT2D eigenvalue weighted by Crippen LogP contribution is 2.25. The van der Waals surface area contributed by atoms with E-state index in [0.717, 1.165) is 24.3 Å². The number of morpholine rings is 1. The average Bonchev–Trinajstić information content (AvgIpc) is 2.89. The van der Waals surface area contributed by atoms with E-state index in [2.05, 4.69) is 15.2 Å². The molecule has 3 aromatic rings. The minimum atomic E-state index is -0.294. The van der Waals surface area contributed by atoms with Gasteiger partial charge in [0.1, 0.15) is 10.8 Å². The first-order valence-corrected chi connectivity index (χ1v) is 12.3. The van der Waals surface area contributed by atoms with Gasteiger partial charge in [-0.3, -0.25) is 9.59 Å². The van der Waals surface area contributed by atoms with E-state index < -0.39 is 0 Å². The van der Waals surface area contributed by atoms with Crippen molar-refractivity contribution >= 4 is 35.0 Å². The first-order valence-electron chi connectivity index (χ1n) is 11.3. The molecule has 0 spiro atoms. The summed E-state index contributed by atoms with van der Waals surface area (Å²) in [6, 6.07) is 17.3. The molecule has 1 N–H and O–H groups in total. The van der Waals surface area contributed by atoms with Crippen molar-refractivity contribution in [2.45, 2.75) is 10.8 Å². The molecule has 1 saturated heterocycles. The molecule has 0 saturated carbocycles. The average molecular weight is 495 g/mol. The maximum Gasteiger partial charge on any atom is 0.256 e. The minimum absolute atomic E-state index is 0.0962. The van der Waals surface area contributed by atoms with Gasteiger partial charge in [-0.15, -0.1) is 11.8 Å². The second-order valence-corrected chi connectivity index (χ2v) is 9.09. The lowest BCUT2D eigenvalue weighted by atomic mass is 10.2. The third kappa shape index (κ3) is 6.80. The summed E-state index contributed by atoms with van der Waals surface area (Å²) in [7, 11) is 1.59. The number of amides is 2. The van der Waals surface area contributed by atoms with E-state index in [1.54, 1.807) is 37.5 Å². The summed E-state index contributed by atoms with van der Waals surface area (Å²) in [6.07, 6.45) is 1.62. The van der Waals surface area contributed by atoms with Crippen LogP contribution in [-0.4, -0.2) is 61.6 Å². The standard InChI is InChI=1S/C26H27FN4O3S/c1-30(17-24(32)29-21-8-10-22(11-9-21)31-13-15-34-16-14-31)26(33)23-3-2-12-28-25(23)35-18-19-4-6-20(27)7-5-19/h2-12H,13-18H2,1H3,(H,29,32). The Morgan fingerprint density at radius 3 is 2.51 bits per heavy atom. The fraction of sp³-hybridized carbons (Fsp3) is 0.269. The molecule has 0 atom stereocenters. The Bertz CT molecular complexity index is 1150. The van der Waals surface area contributed by atoms with Gasteiger partial charge in [-0.25, -0.2) is 9.37 Å². The fourth-order valence-corrected chi connectivity index (χ4v) is 4.61. The monoisotopic (exact) mass is 494 g/mol. The van der Waals surface area contributed by atoms with Crippen LogP contribution in [0.25, 0.3) is 0 Å². The third-order valence-corrected chi connectivity index (χ3v) is 6.62. The van der Waals surface area contributed by atoms with E-state index >= 15 is 0 Å². The lowest BCUT2D eigenvalue weighted by molar-refractivity contribution is -0.116. The molecule has 0 bridgehead atoms. The predicted octanol–water partition coefficient (Wildman–Crippen LogP) is 4.06. The van der Waals surface area contributed by atoms with Crippen molar-refractivity contribution in [3.63, 3.8) is 0 Å². The van der Waals surface area contributed by atoms with Crippen LogP contribution in [-0.2, 0) is 15.3 Å². The van der Waals surface area contributed by atoms with E-state index in [4.69, 9.17) is 4.74 Å². The van der Waals surface area contributed by atoms with E-state index in [0.29, 0.717) is 35.2 Å². The molecule has 1 fully saturated rings. The predicted molar refractivity (Wildman–Crippen MR) is 135 cm³/mol. The summed E-state index contributed by atoms with van der Waals surface area (Å²) in [6.45, 7) is 3.01. The third-order valence-electron chi connectivity index (χ3n) is 5.55. The highest BCUT2D eigenvalue weighted by molar-refractivity contribution is 7.98. The molecule has 1 aliphatic heterocycles. The van der Waals surface area contributed by atoms with Crippen LogP contribution in [0.15, 0.2) is 71.9 Å². The van der Waals surface area contributed by atoms with E-state index in [9.17, 15) is 14.0 Å².